The molecule has 1 aliphatic carbocycles. The third kappa shape index (κ3) is 3.19. The van der Waals surface area contributed by atoms with E-state index in [1.54, 1.807) is 18.2 Å². The number of carbonyl (C=O) groups excluding carboxylic acids is 1. The van der Waals surface area contributed by atoms with E-state index in [1.165, 1.54) is 18.2 Å². The summed E-state index contributed by atoms with van der Waals surface area (Å²) in [6.45, 7) is 0. The average molecular weight is 428 g/mol. The Morgan fingerprint density at radius 1 is 1.04 bits per heavy atom. The highest BCUT2D eigenvalue weighted by atomic mass is 35.5. The Morgan fingerprint density at radius 2 is 1.75 bits per heavy atom. The van der Waals surface area contributed by atoms with E-state index in [1.807, 2.05) is 0 Å². The lowest BCUT2D eigenvalue weighted by Gasteiger charge is -2.28. The van der Waals surface area contributed by atoms with Gasteiger partial charge in [-0.25, -0.2) is 0 Å². The predicted octanol–water partition coefficient (Wildman–Crippen LogP) is 5.85. The quantitative estimate of drug-likeness (QED) is 0.653. The summed E-state index contributed by atoms with van der Waals surface area (Å²) >= 11 is 11.8. The van der Waals surface area contributed by atoms with Gasteiger partial charge in [-0.2, -0.15) is 13.2 Å². The number of rotatable bonds is 2. The molecule has 0 radical (unpaired) electrons. The van der Waals surface area contributed by atoms with Gasteiger partial charge in [0.05, 0.1) is 5.70 Å². The van der Waals surface area contributed by atoms with Crippen LogP contribution < -0.4 is 5.48 Å². The lowest BCUT2D eigenvalue weighted by Crippen LogP contribution is -2.42. The molecule has 1 aliphatic heterocycles. The van der Waals surface area contributed by atoms with E-state index in [0.717, 1.165) is 18.1 Å². The molecule has 0 amide bonds. The number of hydroxylamine groups is 1. The number of hydrogen-bond donors (Lipinski definition) is 1. The summed E-state index contributed by atoms with van der Waals surface area (Å²) in [5, 5.41) is 0.146. The van der Waals surface area contributed by atoms with E-state index in [9.17, 15) is 18.0 Å². The van der Waals surface area contributed by atoms with Crippen molar-refractivity contribution in [1.29, 1.82) is 0 Å². The Morgan fingerprint density at radius 3 is 2.43 bits per heavy atom. The minimum atomic E-state index is -4.76. The van der Waals surface area contributed by atoms with Crippen LogP contribution in [-0.2, 0) is 16.9 Å². The van der Waals surface area contributed by atoms with Crippen LogP contribution in [0.3, 0.4) is 0 Å². The van der Waals surface area contributed by atoms with Crippen molar-refractivity contribution >= 4 is 34.7 Å². The highest BCUT2D eigenvalue weighted by Gasteiger charge is 2.59. The minimum absolute atomic E-state index is 0.0515. The normalized spacial score (nSPS) is 21.9. The van der Waals surface area contributed by atoms with Crippen molar-refractivity contribution in [3.8, 4) is 0 Å². The molecule has 2 aliphatic rings. The molecule has 4 rings (SSSR count). The maximum atomic E-state index is 14.0. The molecule has 0 spiro atoms. The van der Waals surface area contributed by atoms with Crippen LogP contribution in [0, 0.1) is 0 Å². The molecule has 146 valence electrons. The number of Topliss-reactive ketones (excluding diaryl/α,β-unsaturated/α-hetero) is 1. The Kier molecular flexibility index (Phi) is 4.68. The van der Waals surface area contributed by atoms with Gasteiger partial charge in [0.2, 0.25) is 5.60 Å². The zero-order chi connectivity index (χ0) is 20.1. The fraction of sp³-hybridized carbons (Fsp3) is 0.250. The predicted molar refractivity (Wildman–Crippen MR) is 100 cm³/mol. The summed E-state index contributed by atoms with van der Waals surface area (Å²) in [6.07, 6.45) is -1.87. The number of carbonyl (C=O) groups is 1. The van der Waals surface area contributed by atoms with E-state index < -0.39 is 11.8 Å². The third-order valence-corrected chi connectivity index (χ3v) is 5.39. The van der Waals surface area contributed by atoms with Crippen molar-refractivity contribution in [1.82, 2.24) is 5.48 Å². The highest BCUT2D eigenvalue weighted by Crippen LogP contribution is 2.48. The number of fused-ring (bicyclic) bond motifs is 1. The molecule has 0 bridgehead atoms. The molecule has 0 saturated carbocycles. The molecule has 28 heavy (non-hydrogen) atoms. The number of ketones is 1. The number of halogens is 5. The van der Waals surface area contributed by atoms with Crippen LogP contribution >= 0.6 is 23.2 Å². The van der Waals surface area contributed by atoms with Crippen LogP contribution in [0.15, 0.2) is 42.5 Å². The summed E-state index contributed by atoms with van der Waals surface area (Å²) < 4.78 is 42.1. The number of benzene rings is 2. The maximum absolute atomic E-state index is 14.0. The standard InChI is InChI=1S/C20H14Cl2F3NO2/c21-14-7-13(8-15(22)9-14)19(20(23,24)25)10-17(26-28-19)12-4-5-16-11(6-12)2-1-3-18(16)27/h4-10,26H,1-3H2. The van der Waals surface area contributed by atoms with Crippen molar-refractivity contribution in [3.05, 3.63) is 74.8 Å². The summed E-state index contributed by atoms with van der Waals surface area (Å²) in [5.74, 6) is 0.0515. The van der Waals surface area contributed by atoms with Gasteiger partial charge in [-0.3, -0.25) is 15.1 Å². The summed E-state index contributed by atoms with van der Waals surface area (Å²) in [4.78, 5) is 17.1. The van der Waals surface area contributed by atoms with Crippen molar-refractivity contribution in [2.75, 3.05) is 0 Å². The lowest BCUT2D eigenvalue weighted by atomic mass is 9.88. The van der Waals surface area contributed by atoms with Gasteiger partial charge < -0.3 is 0 Å². The minimum Gasteiger partial charge on any atom is -0.294 e. The molecule has 0 aromatic heterocycles. The Hall–Kier alpha value is -2.02. The first-order valence-corrected chi connectivity index (χ1v) is 9.32. The molecule has 1 heterocycles. The van der Waals surface area contributed by atoms with Crippen LogP contribution in [0.25, 0.3) is 5.70 Å². The average Bonchev–Trinajstić information content (AvgIpc) is 3.07. The van der Waals surface area contributed by atoms with Crippen LogP contribution in [0.2, 0.25) is 10.0 Å². The van der Waals surface area contributed by atoms with Gasteiger partial charge in [0.15, 0.2) is 5.78 Å². The first-order chi connectivity index (χ1) is 13.2. The number of nitrogens with one attached hydrogen (secondary N) is 1. The van der Waals surface area contributed by atoms with Crippen molar-refractivity contribution in [2.45, 2.75) is 31.0 Å². The fourth-order valence-corrected chi connectivity index (χ4v) is 4.09. The summed E-state index contributed by atoms with van der Waals surface area (Å²) in [6, 6.07) is 8.69. The second kappa shape index (κ2) is 6.79. The molecule has 8 heteroatoms. The third-order valence-electron chi connectivity index (χ3n) is 4.95. The smallest absolute Gasteiger partial charge is 0.294 e. The lowest BCUT2D eigenvalue weighted by molar-refractivity contribution is -0.269. The van der Waals surface area contributed by atoms with Crippen LogP contribution in [0.4, 0.5) is 13.2 Å². The number of hydrogen-bond acceptors (Lipinski definition) is 3. The summed E-state index contributed by atoms with van der Waals surface area (Å²) in [5.41, 5.74) is 1.55. The van der Waals surface area contributed by atoms with Gasteiger partial charge in [-0.1, -0.05) is 35.3 Å². The van der Waals surface area contributed by atoms with Crippen LogP contribution in [0.1, 0.15) is 39.9 Å². The fourth-order valence-electron chi connectivity index (χ4n) is 3.57. The zero-order valence-corrected chi connectivity index (χ0v) is 15.9. The van der Waals surface area contributed by atoms with Crippen molar-refractivity contribution < 1.29 is 22.8 Å². The molecule has 2 aromatic carbocycles. The Labute approximate surface area is 169 Å². The first kappa shape index (κ1) is 19.3. The number of aryl methyl sites for hydroxylation is 1. The first-order valence-electron chi connectivity index (χ1n) is 8.56. The molecular formula is C20H14Cl2F3NO2. The monoisotopic (exact) mass is 427 g/mol. The molecule has 0 fully saturated rings. The van der Waals surface area contributed by atoms with Gasteiger partial charge >= 0.3 is 6.18 Å². The van der Waals surface area contributed by atoms with Crippen molar-refractivity contribution in [3.63, 3.8) is 0 Å². The van der Waals surface area contributed by atoms with Crippen LogP contribution in [0.5, 0.6) is 0 Å². The topological polar surface area (TPSA) is 38.3 Å². The van der Waals surface area contributed by atoms with Gasteiger partial charge in [-0.15, -0.1) is 0 Å². The van der Waals surface area contributed by atoms with E-state index in [-0.39, 0.29) is 27.1 Å². The largest absolute Gasteiger partial charge is 0.428 e. The number of alkyl halides is 3. The molecular weight excluding hydrogens is 414 g/mol. The van der Waals surface area contributed by atoms with Crippen molar-refractivity contribution in [2.24, 2.45) is 0 Å². The van der Waals surface area contributed by atoms with Gasteiger partial charge in [0.1, 0.15) is 0 Å². The zero-order valence-electron chi connectivity index (χ0n) is 14.4. The molecule has 2 aromatic rings. The SMILES string of the molecule is O=C1CCCc2cc(C3=CC(c4cc(Cl)cc(Cl)c4)(C(F)(F)F)ON3)ccc21. The highest BCUT2D eigenvalue weighted by molar-refractivity contribution is 6.34. The summed E-state index contributed by atoms with van der Waals surface area (Å²) in [7, 11) is 0. The molecule has 0 saturated heterocycles. The molecule has 1 N–H and O–H groups in total. The second-order valence-corrected chi connectivity index (χ2v) is 7.68. The van der Waals surface area contributed by atoms with E-state index >= 15 is 0 Å². The van der Waals surface area contributed by atoms with E-state index in [2.05, 4.69) is 5.48 Å². The maximum Gasteiger partial charge on any atom is 0.428 e. The van der Waals surface area contributed by atoms with E-state index in [4.69, 9.17) is 28.0 Å². The van der Waals surface area contributed by atoms with Gasteiger partial charge in [0, 0.05) is 33.2 Å². The molecule has 3 nitrogen and oxygen atoms in total. The van der Waals surface area contributed by atoms with E-state index in [0.29, 0.717) is 24.0 Å². The Bertz CT molecular complexity index is 983. The second-order valence-electron chi connectivity index (χ2n) is 6.80. The molecule has 1 atom stereocenters. The van der Waals surface area contributed by atoms with Gasteiger partial charge in [-0.05, 0) is 48.7 Å². The Balaban J connectivity index is 1.81. The molecule has 1 unspecified atom stereocenters. The van der Waals surface area contributed by atoms with Crippen LogP contribution in [-0.4, -0.2) is 12.0 Å². The van der Waals surface area contributed by atoms with Gasteiger partial charge in [0.25, 0.3) is 0 Å².